The highest BCUT2D eigenvalue weighted by molar-refractivity contribution is 6.16. The van der Waals surface area contributed by atoms with Crippen molar-refractivity contribution in [3.8, 4) is 11.5 Å². The molecule has 0 amide bonds. The highest BCUT2D eigenvalue weighted by atomic mass is 16.5. The number of Topliss-reactive ketones (excluding diaryl/α,β-unsaturated/α-hetero) is 1. The molecule has 0 spiro atoms. The summed E-state index contributed by atoms with van der Waals surface area (Å²) in [5.74, 6) is 1.66. The molecule has 1 aliphatic rings. The van der Waals surface area contributed by atoms with E-state index in [9.17, 15) is 4.79 Å². The maximum Gasteiger partial charge on any atom is 0.189 e. The Morgan fingerprint density at radius 3 is 2.30 bits per heavy atom. The second kappa shape index (κ2) is 8.58. The van der Waals surface area contributed by atoms with Gasteiger partial charge in [0.2, 0.25) is 0 Å². The Morgan fingerprint density at radius 2 is 1.63 bits per heavy atom. The molecule has 0 radical (unpaired) electrons. The molecule has 4 rings (SSSR count). The van der Waals surface area contributed by atoms with E-state index in [2.05, 4.69) is 24.3 Å². The molecule has 3 aromatic carbocycles. The minimum absolute atomic E-state index is 0.0547. The Labute approximate surface area is 178 Å². The summed E-state index contributed by atoms with van der Waals surface area (Å²) in [5, 5.41) is 0. The SMILES string of the molecule is CCOc1ccc2c(c1)C(c1ccccc1)=C(C(=O)c1ccc(OC(C)C)cc1)C2. The van der Waals surface area contributed by atoms with E-state index in [0.29, 0.717) is 18.6 Å². The van der Waals surface area contributed by atoms with Crippen LogP contribution in [0.5, 0.6) is 11.5 Å². The fourth-order valence-corrected chi connectivity index (χ4v) is 3.90. The van der Waals surface area contributed by atoms with Crippen molar-refractivity contribution in [3.63, 3.8) is 0 Å². The molecular weight excluding hydrogens is 372 g/mol. The molecule has 0 saturated carbocycles. The fraction of sp³-hybridized carbons (Fsp3) is 0.222. The molecule has 3 aromatic rings. The Kier molecular flexibility index (Phi) is 5.71. The third kappa shape index (κ3) is 4.02. The van der Waals surface area contributed by atoms with E-state index in [4.69, 9.17) is 9.47 Å². The summed E-state index contributed by atoms with van der Waals surface area (Å²) in [4.78, 5) is 13.5. The summed E-state index contributed by atoms with van der Waals surface area (Å²) in [5.41, 5.74) is 5.78. The van der Waals surface area contributed by atoms with Crippen molar-refractivity contribution in [2.45, 2.75) is 33.3 Å². The van der Waals surface area contributed by atoms with Gasteiger partial charge in [-0.1, -0.05) is 36.4 Å². The number of benzene rings is 3. The number of carbonyl (C=O) groups is 1. The van der Waals surface area contributed by atoms with Gasteiger partial charge in [-0.3, -0.25) is 4.79 Å². The number of allylic oxidation sites excluding steroid dienone is 1. The molecule has 30 heavy (non-hydrogen) atoms. The Hall–Kier alpha value is -3.33. The lowest BCUT2D eigenvalue weighted by atomic mass is 9.94. The van der Waals surface area contributed by atoms with Crippen molar-refractivity contribution in [2.24, 2.45) is 0 Å². The van der Waals surface area contributed by atoms with Crippen LogP contribution in [0.2, 0.25) is 0 Å². The fourth-order valence-electron chi connectivity index (χ4n) is 3.90. The van der Waals surface area contributed by atoms with Crippen LogP contribution in [0.4, 0.5) is 0 Å². The van der Waals surface area contributed by atoms with Crippen molar-refractivity contribution < 1.29 is 14.3 Å². The summed E-state index contributed by atoms with van der Waals surface area (Å²) in [6.45, 7) is 6.56. The van der Waals surface area contributed by atoms with Crippen LogP contribution in [0, 0.1) is 0 Å². The van der Waals surface area contributed by atoms with E-state index in [1.54, 1.807) is 0 Å². The zero-order valence-corrected chi connectivity index (χ0v) is 17.6. The molecule has 0 N–H and O–H groups in total. The Morgan fingerprint density at radius 1 is 0.933 bits per heavy atom. The lowest BCUT2D eigenvalue weighted by molar-refractivity contribution is 0.103. The Balaban J connectivity index is 1.76. The van der Waals surface area contributed by atoms with Gasteiger partial charge in [-0.05, 0) is 79.4 Å². The van der Waals surface area contributed by atoms with Crippen LogP contribution in [0.25, 0.3) is 5.57 Å². The number of fused-ring (bicyclic) bond motifs is 1. The second-order valence-electron chi connectivity index (χ2n) is 7.67. The largest absolute Gasteiger partial charge is 0.494 e. The van der Waals surface area contributed by atoms with E-state index >= 15 is 0 Å². The molecule has 0 aliphatic heterocycles. The van der Waals surface area contributed by atoms with Crippen LogP contribution in [-0.4, -0.2) is 18.5 Å². The molecular formula is C27H26O3. The lowest BCUT2D eigenvalue weighted by Crippen LogP contribution is -2.07. The van der Waals surface area contributed by atoms with E-state index in [1.807, 2.05) is 69.3 Å². The van der Waals surface area contributed by atoms with Crippen LogP contribution < -0.4 is 9.47 Å². The molecule has 0 saturated heterocycles. The molecule has 0 heterocycles. The lowest BCUT2D eigenvalue weighted by Gasteiger charge is -2.12. The quantitative estimate of drug-likeness (QED) is 0.450. The summed E-state index contributed by atoms with van der Waals surface area (Å²) in [6.07, 6.45) is 0.720. The van der Waals surface area contributed by atoms with Gasteiger partial charge in [0.1, 0.15) is 11.5 Å². The molecule has 3 nitrogen and oxygen atoms in total. The first-order valence-corrected chi connectivity index (χ1v) is 10.4. The first kappa shape index (κ1) is 20.0. The monoisotopic (exact) mass is 398 g/mol. The van der Waals surface area contributed by atoms with E-state index in [1.165, 1.54) is 0 Å². The van der Waals surface area contributed by atoms with E-state index in [-0.39, 0.29) is 11.9 Å². The third-order valence-corrected chi connectivity index (χ3v) is 5.16. The first-order chi connectivity index (χ1) is 14.6. The zero-order valence-electron chi connectivity index (χ0n) is 17.6. The summed E-state index contributed by atoms with van der Waals surface area (Å²) < 4.78 is 11.4. The molecule has 0 aromatic heterocycles. The van der Waals surface area contributed by atoms with Crippen LogP contribution in [0.3, 0.4) is 0 Å². The average molecular weight is 399 g/mol. The minimum Gasteiger partial charge on any atom is -0.494 e. The normalized spacial score (nSPS) is 12.8. The number of ketones is 1. The van der Waals surface area contributed by atoms with Crippen LogP contribution in [0.15, 0.2) is 78.4 Å². The average Bonchev–Trinajstić information content (AvgIpc) is 3.13. The van der Waals surface area contributed by atoms with Gasteiger partial charge in [-0.15, -0.1) is 0 Å². The highest BCUT2D eigenvalue weighted by Gasteiger charge is 2.28. The van der Waals surface area contributed by atoms with Crippen molar-refractivity contribution in [3.05, 3.63) is 101 Å². The van der Waals surface area contributed by atoms with Gasteiger partial charge >= 0.3 is 0 Å². The highest BCUT2D eigenvalue weighted by Crippen LogP contribution is 2.40. The van der Waals surface area contributed by atoms with Gasteiger partial charge in [0.05, 0.1) is 12.7 Å². The summed E-state index contributed by atoms with van der Waals surface area (Å²) >= 11 is 0. The number of rotatable bonds is 7. The Bertz CT molecular complexity index is 1080. The number of ether oxygens (including phenoxy) is 2. The van der Waals surface area contributed by atoms with Crippen molar-refractivity contribution in [1.82, 2.24) is 0 Å². The van der Waals surface area contributed by atoms with Gasteiger partial charge < -0.3 is 9.47 Å². The zero-order chi connectivity index (χ0) is 21.1. The predicted octanol–water partition coefficient (Wildman–Crippen LogP) is 6.11. The van der Waals surface area contributed by atoms with Crippen LogP contribution in [-0.2, 0) is 6.42 Å². The summed E-state index contributed by atoms with van der Waals surface area (Å²) in [7, 11) is 0. The molecule has 0 bridgehead atoms. The number of carbonyl (C=O) groups excluding carboxylic acids is 1. The van der Waals surface area contributed by atoms with E-state index in [0.717, 1.165) is 39.3 Å². The van der Waals surface area contributed by atoms with Gasteiger partial charge in [0.15, 0.2) is 5.78 Å². The second-order valence-corrected chi connectivity index (χ2v) is 7.67. The standard InChI is InChI=1S/C27H26O3/c1-4-29-23-15-12-21-16-25(26(24(21)17-23)19-8-6-5-7-9-19)27(28)20-10-13-22(14-11-20)30-18(2)3/h5-15,17-18H,4,16H2,1-3H3. The first-order valence-electron chi connectivity index (χ1n) is 10.4. The molecule has 152 valence electrons. The van der Waals surface area contributed by atoms with Crippen molar-refractivity contribution in [1.29, 1.82) is 0 Å². The van der Waals surface area contributed by atoms with Crippen LogP contribution >= 0.6 is 0 Å². The number of hydrogen-bond donors (Lipinski definition) is 0. The van der Waals surface area contributed by atoms with Gasteiger partial charge in [-0.2, -0.15) is 0 Å². The van der Waals surface area contributed by atoms with Crippen molar-refractivity contribution in [2.75, 3.05) is 6.61 Å². The minimum atomic E-state index is 0.0547. The van der Waals surface area contributed by atoms with E-state index < -0.39 is 0 Å². The van der Waals surface area contributed by atoms with Gasteiger partial charge in [-0.25, -0.2) is 0 Å². The molecule has 1 aliphatic carbocycles. The van der Waals surface area contributed by atoms with Gasteiger partial charge in [0.25, 0.3) is 0 Å². The molecule has 0 unspecified atom stereocenters. The third-order valence-electron chi connectivity index (χ3n) is 5.16. The maximum absolute atomic E-state index is 13.5. The maximum atomic E-state index is 13.5. The topological polar surface area (TPSA) is 35.5 Å². The van der Waals surface area contributed by atoms with Gasteiger partial charge in [0, 0.05) is 17.6 Å². The smallest absolute Gasteiger partial charge is 0.189 e. The molecule has 0 atom stereocenters. The predicted molar refractivity (Wildman–Crippen MR) is 120 cm³/mol. The molecule has 3 heteroatoms. The van der Waals surface area contributed by atoms with Crippen molar-refractivity contribution >= 4 is 11.4 Å². The summed E-state index contributed by atoms with van der Waals surface area (Å²) in [6, 6.07) is 23.7. The number of hydrogen-bond acceptors (Lipinski definition) is 3. The molecule has 0 fully saturated rings. The van der Waals surface area contributed by atoms with Crippen LogP contribution in [0.1, 0.15) is 47.8 Å².